The molecule has 1 fully saturated rings. The minimum absolute atomic E-state index is 0.0418. The molecule has 0 bridgehead atoms. The van der Waals surface area contributed by atoms with E-state index in [1.165, 1.54) is 0 Å². The number of hydrogen-bond acceptors (Lipinski definition) is 3. The summed E-state index contributed by atoms with van der Waals surface area (Å²) in [5.74, 6) is -0.0418. The van der Waals surface area contributed by atoms with Crippen LogP contribution in [0.1, 0.15) is 42.6 Å². The Morgan fingerprint density at radius 2 is 1.90 bits per heavy atom. The van der Waals surface area contributed by atoms with Gasteiger partial charge in [-0.15, -0.1) is 0 Å². The van der Waals surface area contributed by atoms with E-state index in [4.69, 9.17) is 4.74 Å². The normalized spacial score (nSPS) is 26.1. The van der Waals surface area contributed by atoms with Gasteiger partial charge >= 0.3 is 0 Å². The molecule has 1 heterocycles. The number of hydrogen-bond donors (Lipinski definition) is 2. The molecule has 20 heavy (non-hydrogen) atoms. The minimum atomic E-state index is -0.0418. The molecule has 2 N–H and O–H groups in total. The van der Waals surface area contributed by atoms with Crippen LogP contribution in [0.15, 0.2) is 18.2 Å². The van der Waals surface area contributed by atoms with Crippen molar-refractivity contribution in [3.05, 3.63) is 29.3 Å². The molecule has 110 valence electrons. The molecule has 0 radical (unpaired) electrons. The molecule has 2 unspecified atom stereocenters. The van der Waals surface area contributed by atoms with E-state index in [9.17, 15) is 4.79 Å². The zero-order valence-corrected chi connectivity index (χ0v) is 12.7. The fourth-order valence-corrected chi connectivity index (χ4v) is 2.92. The Balaban J connectivity index is 2.15. The van der Waals surface area contributed by atoms with E-state index in [1.807, 2.05) is 25.1 Å². The van der Waals surface area contributed by atoms with Gasteiger partial charge in [-0.3, -0.25) is 4.79 Å². The number of ether oxygens (including phenoxy) is 1. The lowest BCUT2D eigenvalue weighted by atomic mass is 9.98. The van der Waals surface area contributed by atoms with Gasteiger partial charge in [0.05, 0.1) is 12.2 Å². The van der Waals surface area contributed by atoms with Gasteiger partial charge in [-0.2, -0.15) is 0 Å². The first-order valence-electron chi connectivity index (χ1n) is 7.25. The summed E-state index contributed by atoms with van der Waals surface area (Å²) in [4.78, 5) is 11.8. The molecule has 4 heteroatoms. The van der Waals surface area contributed by atoms with Crippen LogP contribution in [-0.2, 0) is 4.74 Å². The second-order valence-corrected chi connectivity index (χ2v) is 5.63. The molecular weight excluding hydrogens is 252 g/mol. The lowest BCUT2D eigenvalue weighted by molar-refractivity contribution is -0.0337. The van der Waals surface area contributed by atoms with E-state index in [-0.39, 0.29) is 18.1 Å². The van der Waals surface area contributed by atoms with Crippen LogP contribution in [0.2, 0.25) is 0 Å². The van der Waals surface area contributed by atoms with Crippen LogP contribution in [0.25, 0.3) is 0 Å². The Kier molecular flexibility index (Phi) is 4.65. The average molecular weight is 276 g/mol. The van der Waals surface area contributed by atoms with E-state index >= 15 is 0 Å². The Labute approximate surface area is 120 Å². The Morgan fingerprint density at radius 3 is 2.50 bits per heavy atom. The van der Waals surface area contributed by atoms with Crippen LogP contribution in [0, 0.1) is 6.92 Å². The number of amides is 1. The second-order valence-electron chi connectivity index (χ2n) is 5.63. The van der Waals surface area contributed by atoms with Gasteiger partial charge in [-0.25, -0.2) is 0 Å². The number of nitrogens with one attached hydrogen (secondary N) is 2. The first-order chi connectivity index (χ1) is 9.51. The van der Waals surface area contributed by atoms with Crippen LogP contribution in [0.5, 0.6) is 0 Å². The Bertz CT molecular complexity index is 477. The third-order valence-electron chi connectivity index (χ3n) is 3.86. The summed E-state index contributed by atoms with van der Waals surface area (Å²) in [5.41, 5.74) is 2.77. The van der Waals surface area contributed by atoms with Crippen molar-refractivity contribution in [3.63, 3.8) is 0 Å². The molecule has 1 aromatic carbocycles. The fourth-order valence-electron chi connectivity index (χ4n) is 2.92. The van der Waals surface area contributed by atoms with Gasteiger partial charge in [0.15, 0.2) is 0 Å². The average Bonchev–Trinajstić information content (AvgIpc) is 2.39. The molecule has 0 saturated carbocycles. The van der Waals surface area contributed by atoms with E-state index in [0.717, 1.165) is 29.7 Å². The first-order valence-corrected chi connectivity index (χ1v) is 7.25. The Morgan fingerprint density at radius 1 is 1.25 bits per heavy atom. The lowest BCUT2D eigenvalue weighted by Gasteiger charge is -2.33. The highest BCUT2D eigenvalue weighted by molar-refractivity contribution is 5.96. The molecule has 1 aliphatic heterocycles. The van der Waals surface area contributed by atoms with Crippen molar-refractivity contribution in [3.8, 4) is 0 Å². The topological polar surface area (TPSA) is 50.4 Å². The van der Waals surface area contributed by atoms with E-state index in [2.05, 4.69) is 24.5 Å². The summed E-state index contributed by atoms with van der Waals surface area (Å²) in [5, 5.41) is 6.25. The fraction of sp³-hybridized carbons (Fsp3) is 0.562. The maximum Gasteiger partial charge on any atom is 0.251 e. The van der Waals surface area contributed by atoms with Crippen molar-refractivity contribution in [2.45, 2.75) is 51.9 Å². The molecule has 1 amide bonds. The van der Waals surface area contributed by atoms with Crippen LogP contribution < -0.4 is 10.6 Å². The monoisotopic (exact) mass is 276 g/mol. The number of anilines is 1. The summed E-state index contributed by atoms with van der Waals surface area (Å²) in [6, 6.07) is 6.21. The van der Waals surface area contributed by atoms with Crippen molar-refractivity contribution in [1.29, 1.82) is 0 Å². The Hall–Kier alpha value is -1.55. The largest absolute Gasteiger partial charge is 0.382 e. The van der Waals surface area contributed by atoms with E-state index < -0.39 is 0 Å². The summed E-state index contributed by atoms with van der Waals surface area (Å²) >= 11 is 0. The van der Waals surface area contributed by atoms with E-state index in [1.54, 1.807) is 7.05 Å². The predicted octanol–water partition coefficient (Wildman–Crippen LogP) is 2.72. The molecule has 4 nitrogen and oxygen atoms in total. The van der Waals surface area contributed by atoms with Crippen molar-refractivity contribution in [2.75, 3.05) is 12.4 Å². The molecule has 2 atom stereocenters. The summed E-state index contributed by atoms with van der Waals surface area (Å²) in [6.07, 6.45) is 2.54. The SMILES string of the molecule is CNC(=O)c1cccc(NC2CC(C)OC(C)C2)c1C. The summed E-state index contributed by atoms with van der Waals surface area (Å²) < 4.78 is 5.76. The van der Waals surface area contributed by atoms with Gasteiger partial charge in [0.25, 0.3) is 5.91 Å². The van der Waals surface area contributed by atoms with Crippen molar-refractivity contribution < 1.29 is 9.53 Å². The standard InChI is InChI=1S/C16H24N2O2/c1-10-8-13(9-11(2)20-10)18-15-7-5-6-14(12(15)3)16(19)17-4/h5-7,10-11,13,18H,8-9H2,1-4H3,(H,17,19). The number of carbonyl (C=O) groups is 1. The summed E-state index contributed by atoms with van der Waals surface area (Å²) in [6.45, 7) is 6.20. The smallest absolute Gasteiger partial charge is 0.251 e. The number of rotatable bonds is 3. The molecule has 1 saturated heterocycles. The van der Waals surface area contributed by atoms with E-state index in [0.29, 0.717) is 6.04 Å². The van der Waals surface area contributed by atoms with Gasteiger partial charge < -0.3 is 15.4 Å². The third kappa shape index (κ3) is 3.31. The lowest BCUT2D eigenvalue weighted by Crippen LogP contribution is -2.37. The van der Waals surface area contributed by atoms with Crippen molar-refractivity contribution >= 4 is 11.6 Å². The highest BCUT2D eigenvalue weighted by Crippen LogP contribution is 2.25. The quantitative estimate of drug-likeness (QED) is 0.892. The highest BCUT2D eigenvalue weighted by Gasteiger charge is 2.24. The number of benzene rings is 1. The molecule has 0 spiro atoms. The van der Waals surface area contributed by atoms with Gasteiger partial charge in [0.2, 0.25) is 0 Å². The highest BCUT2D eigenvalue weighted by atomic mass is 16.5. The molecule has 0 aliphatic carbocycles. The van der Waals surface area contributed by atoms with Crippen molar-refractivity contribution in [1.82, 2.24) is 5.32 Å². The zero-order valence-electron chi connectivity index (χ0n) is 12.7. The second kappa shape index (κ2) is 6.27. The maximum atomic E-state index is 11.8. The predicted molar refractivity (Wildman–Crippen MR) is 81.2 cm³/mol. The molecule has 1 aromatic rings. The van der Waals surface area contributed by atoms with Gasteiger partial charge in [-0.05, 0) is 51.3 Å². The van der Waals surface area contributed by atoms with Crippen LogP contribution in [0.3, 0.4) is 0 Å². The molecule has 2 rings (SSSR count). The van der Waals surface area contributed by atoms with Crippen LogP contribution in [0.4, 0.5) is 5.69 Å². The molecule has 1 aliphatic rings. The van der Waals surface area contributed by atoms with Crippen LogP contribution >= 0.6 is 0 Å². The maximum absolute atomic E-state index is 11.8. The molecule has 0 aromatic heterocycles. The van der Waals surface area contributed by atoms with Crippen LogP contribution in [-0.4, -0.2) is 31.2 Å². The van der Waals surface area contributed by atoms with Crippen molar-refractivity contribution in [2.24, 2.45) is 0 Å². The minimum Gasteiger partial charge on any atom is -0.382 e. The van der Waals surface area contributed by atoms with Gasteiger partial charge in [-0.1, -0.05) is 6.07 Å². The number of carbonyl (C=O) groups excluding carboxylic acids is 1. The molecular formula is C16H24N2O2. The van der Waals surface area contributed by atoms with Gasteiger partial charge in [0, 0.05) is 24.3 Å². The third-order valence-corrected chi connectivity index (χ3v) is 3.86. The first kappa shape index (κ1) is 14.9. The zero-order chi connectivity index (χ0) is 14.7. The van der Waals surface area contributed by atoms with Gasteiger partial charge in [0.1, 0.15) is 0 Å². The summed E-state index contributed by atoms with van der Waals surface area (Å²) in [7, 11) is 1.66.